The normalized spacial score (nSPS) is 24.8. The fraction of sp³-hybridized carbons (Fsp3) is 0.333. The van der Waals surface area contributed by atoms with Crippen molar-refractivity contribution in [1.29, 1.82) is 0 Å². The molecule has 3 amide bonds. The van der Waals surface area contributed by atoms with Crippen molar-refractivity contribution in [3.8, 4) is 5.75 Å². The predicted octanol–water partition coefficient (Wildman–Crippen LogP) is -1.36. The first-order valence-corrected chi connectivity index (χ1v) is 7.26. The number of carbonyl (C=O) groups is 4. The molecule has 0 radical (unpaired) electrons. The lowest BCUT2D eigenvalue weighted by atomic mass is 9.96. The zero-order valence-electron chi connectivity index (χ0n) is 12.5. The smallest absolute Gasteiger partial charge is 0.347 e. The van der Waals surface area contributed by atoms with Gasteiger partial charge in [-0.05, 0) is 12.1 Å². The molecule has 2 fully saturated rings. The standard InChI is InChI=1S/C15H15N3O6/c19-8-17-6-10-12(14(21)18(10)13(17)15(22)23)16-11(20)7-24-9-4-2-1-3-5-9/h1-5,8,10,12-13H,6-7H2,(H,16,20)(H,22,23)/t10?,12-,13?/m1/s1. The van der Waals surface area contributed by atoms with Gasteiger partial charge in [0.25, 0.3) is 5.91 Å². The molecule has 1 aromatic carbocycles. The molecule has 2 aliphatic rings. The third-order valence-electron chi connectivity index (χ3n) is 4.02. The second-order valence-electron chi connectivity index (χ2n) is 5.47. The molecule has 24 heavy (non-hydrogen) atoms. The molecule has 0 aliphatic carbocycles. The average molecular weight is 333 g/mol. The lowest BCUT2D eigenvalue weighted by molar-refractivity contribution is -0.165. The molecular weight excluding hydrogens is 318 g/mol. The van der Waals surface area contributed by atoms with Crippen LogP contribution in [0.4, 0.5) is 0 Å². The van der Waals surface area contributed by atoms with E-state index in [9.17, 15) is 19.2 Å². The van der Waals surface area contributed by atoms with E-state index in [1.165, 1.54) is 0 Å². The van der Waals surface area contributed by atoms with Gasteiger partial charge in [0.15, 0.2) is 6.61 Å². The van der Waals surface area contributed by atoms with Gasteiger partial charge in [-0.3, -0.25) is 14.4 Å². The fourth-order valence-electron chi connectivity index (χ4n) is 2.94. The minimum atomic E-state index is -1.31. The average Bonchev–Trinajstić information content (AvgIpc) is 2.94. The van der Waals surface area contributed by atoms with E-state index >= 15 is 0 Å². The van der Waals surface area contributed by atoms with Crippen molar-refractivity contribution in [1.82, 2.24) is 15.1 Å². The van der Waals surface area contributed by atoms with Crippen molar-refractivity contribution in [2.75, 3.05) is 13.2 Å². The molecular formula is C15H15N3O6. The van der Waals surface area contributed by atoms with Gasteiger partial charge in [0.2, 0.25) is 18.5 Å². The maximum atomic E-state index is 12.1. The molecule has 9 nitrogen and oxygen atoms in total. The number of carboxylic acids is 1. The Kier molecular flexibility index (Phi) is 4.07. The van der Waals surface area contributed by atoms with Gasteiger partial charge < -0.3 is 25.0 Å². The van der Waals surface area contributed by atoms with Crippen LogP contribution in [-0.2, 0) is 19.2 Å². The molecule has 126 valence electrons. The van der Waals surface area contributed by atoms with Crippen molar-refractivity contribution in [3.05, 3.63) is 30.3 Å². The van der Waals surface area contributed by atoms with Crippen LogP contribution in [0.2, 0.25) is 0 Å². The van der Waals surface area contributed by atoms with Crippen LogP contribution in [-0.4, -0.2) is 70.5 Å². The summed E-state index contributed by atoms with van der Waals surface area (Å²) < 4.78 is 5.29. The Hall–Kier alpha value is -3.10. The summed E-state index contributed by atoms with van der Waals surface area (Å²) in [6, 6.07) is 7.35. The second kappa shape index (κ2) is 6.19. The number of carbonyl (C=O) groups excluding carboxylic acids is 3. The predicted molar refractivity (Wildman–Crippen MR) is 78.7 cm³/mol. The number of nitrogens with one attached hydrogen (secondary N) is 1. The Balaban J connectivity index is 1.57. The molecule has 2 unspecified atom stereocenters. The molecule has 0 aromatic heterocycles. The third kappa shape index (κ3) is 2.64. The second-order valence-corrected chi connectivity index (χ2v) is 5.47. The quantitative estimate of drug-likeness (QED) is 0.491. The molecule has 3 rings (SSSR count). The summed E-state index contributed by atoms with van der Waals surface area (Å²) in [5.74, 6) is -1.78. The van der Waals surface area contributed by atoms with Gasteiger partial charge in [0.1, 0.15) is 11.8 Å². The Morgan fingerprint density at radius 1 is 1.33 bits per heavy atom. The molecule has 9 heteroatoms. The highest BCUT2D eigenvalue weighted by Crippen LogP contribution is 2.31. The van der Waals surface area contributed by atoms with Crippen LogP contribution in [0.5, 0.6) is 5.75 Å². The van der Waals surface area contributed by atoms with E-state index in [0.29, 0.717) is 12.2 Å². The van der Waals surface area contributed by atoms with Gasteiger partial charge in [-0.2, -0.15) is 0 Å². The molecule has 2 heterocycles. The first-order chi connectivity index (χ1) is 11.5. The summed E-state index contributed by atoms with van der Waals surface area (Å²) in [6.07, 6.45) is -0.921. The molecule has 2 N–H and O–H groups in total. The number of ether oxygens (including phenoxy) is 1. The van der Waals surface area contributed by atoms with E-state index < -0.39 is 36.0 Å². The van der Waals surface area contributed by atoms with Crippen LogP contribution in [0.15, 0.2) is 30.3 Å². The van der Waals surface area contributed by atoms with E-state index in [2.05, 4.69) is 5.32 Å². The van der Waals surface area contributed by atoms with Gasteiger partial charge in [0, 0.05) is 6.54 Å². The van der Waals surface area contributed by atoms with Crippen LogP contribution >= 0.6 is 0 Å². The van der Waals surface area contributed by atoms with Gasteiger partial charge >= 0.3 is 5.97 Å². The van der Waals surface area contributed by atoms with E-state index in [-0.39, 0.29) is 13.2 Å². The van der Waals surface area contributed by atoms with Crippen LogP contribution < -0.4 is 10.1 Å². The SMILES string of the molecule is O=CN1CC2[C@@H](NC(=O)COc3ccccc3)C(=O)N2C1C(=O)O. The van der Waals surface area contributed by atoms with Crippen LogP contribution in [0, 0.1) is 0 Å². The number of benzene rings is 1. The van der Waals surface area contributed by atoms with Crippen molar-refractivity contribution >= 4 is 24.2 Å². The number of hydrogen-bond donors (Lipinski definition) is 2. The molecule has 2 aliphatic heterocycles. The summed E-state index contributed by atoms with van der Waals surface area (Å²) in [5, 5.41) is 11.7. The number of β-lactam (4-membered cyclic amide) rings is 1. The topological polar surface area (TPSA) is 116 Å². The Morgan fingerprint density at radius 3 is 2.67 bits per heavy atom. The number of rotatable bonds is 6. The van der Waals surface area contributed by atoms with Crippen molar-refractivity contribution in [2.24, 2.45) is 0 Å². The monoisotopic (exact) mass is 333 g/mol. The highest BCUT2D eigenvalue weighted by Gasteiger charge is 2.59. The maximum absolute atomic E-state index is 12.1. The molecule has 0 bridgehead atoms. The minimum Gasteiger partial charge on any atom is -0.484 e. The van der Waals surface area contributed by atoms with Crippen LogP contribution in [0.25, 0.3) is 0 Å². The van der Waals surface area contributed by atoms with Crippen LogP contribution in [0.3, 0.4) is 0 Å². The van der Waals surface area contributed by atoms with Gasteiger partial charge in [-0.15, -0.1) is 0 Å². The summed E-state index contributed by atoms with van der Waals surface area (Å²) in [5.41, 5.74) is 0. The third-order valence-corrected chi connectivity index (χ3v) is 4.02. The zero-order valence-corrected chi connectivity index (χ0v) is 12.5. The summed E-state index contributed by atoms with van der Waals surface area (Å²) in [7, 11) is 0. The van der Waals surface area contributed by atoms with Crippen LogP contribution in [0.1, 0.15) is 0 Å². The lowest BCUT2D eigenvalue weighted by Crippen LogP contribution is -2.71. The molecule has 3 atom stereocenters. The van der Waals surface area contributed by atoms with Crippen molar-refractivity contribution in [2.45, 2.75) is 18.2 Å². The van der Waals surface area contributed by atoms with E-state index in [1.807, 2.05) is 6.07 Å². The maximum Gasteiger partial charge on any atom is 0.347 e. The Morgan fingerprint density at radius 2 is 2.04 bits per heavy atom. The van der Waals surface area contributed by atoms with Gasteiger partial charge in [-0.1, -0.05) is 18.2 Å². The number of amides is 3. The van der Waals surface area contributed by atoms with E-state index in [4.69, 9.17) is 9.84 Å². The Bertz CT molecular complexity index is 679. The number of para-hydroxylation sites is 1. The fourth-order valence-corrected chi connectivity index (χ4v) is 2.94. The molecule has 2 saturated heterocycles. The van der Waals surface area contributed by atoms with Gasteiger partial charge in [0.05, 0.1) is 6.04 Å². The molecule has 0 saturated carbocycles. The molecule has 0 spiro atoms. The van der Waals surface area contributed by atoms with Gasteiger partial charge in [-0.25, -0.2) is 4.79 Å². The highest BCUT2D eigenvalue weighted by molar-refractivity contribution is 5.97. The number of carboxylic acid groups (broad SMARTS) is 1. The molecule has 1 aromatic rings. The van der Waals surface area contributed by atoms with Crippen molar-refractivity contribution in [3.63, 3.8) is 0 Å². The summed E-state index contributed by atoms with van der Waals surface area (Å²) in [4.78, 5) is 48.3. The minimum absolute atomic E-state index is 0.0662. The zero-order chi connectivity index (χ0) is 17.3. The largest absolute Gasteiger partial charge is 0.484 e. The number of hydrogen-bond acceptors (Lipinski definition) is 5. The van der Waals surface area contributed by atoms with Crippen molar-refractivity contribution < 1.29 is 29.0 Å². The van der Waals surface area contributed by atoms with E-state index in [1.54, 1.807) is 24.3 Å². The summed E-state index contributed by atoms with van der Waals surface area (Å²) >= 11 is 0. The first-order valence-electron chi connectivity index (χ1n) is 7.26. The summed E-state index contributed by atoms with van der Waals surface area (Å²) in [6.45, 7) is -0.197. The lowest BCUT2D eigenvalue weighted by Gasteiger charge is -2.43. The number of nitrogens with zero attached hydrogens (tertiary/aromatic N) is 2. The number of fused-ring (bicyclic) bond motifs is 1. The Labute approximate surface area is 136 Å². The first kappa shape index (κ1) is 15.8. The van der Waals surface area contributed by atoms with E-state index in [0.717, 1.165) is 9.80 Å². The number of aliphatic carboxylic acids is 1. The highest BCUT2D eigenvalue weighted by atomic mass is 16.5.